The Morgan fingerprint density at radius 2 is 1.81 bits per heavy atom. The Balaban J connectivity index is 1.40. The number of piperidine rings is 1. The van der Waals surface area contributed by atoms with E-state index in [1.165, 1.54) is 0 Å². The molecule has 9 heteroatoms. The van der Waals surface area contributed by atoms with E-state index >= 15 is 0 Å². The summed E-state index contributed by atoms with van der Waals surface area (Å²) in [4.78, 5) is 38.1. The van der Waals surface area contributed by atoms with Crippen LogP contribution in [0.5, 0.6) is 5.75 Å². The SMILES string of the molecule is COc1ccccc1NC1NC(=O)C2C(NC(=O)CC2C(=O)NCCc2ccccc2)N1. The van der Waals surface area contributed by atoms with Crippen LogP contribution in [0.15, 0.2) is 54.6 Å². The lowest BCUT2D eigenvalue weighted by molar-refractivity contribution is -0.146. The zero-order chi connectivity index (χ0) is 22.5. The standard InChI is InChI=1S/C23H27N5O4/c1-32-17-10-6-5-9-16(17)25-23-27-20-19(22(31)28-23)15(13-18(29)26-20)21(30)24-12-11-14-7-3-2-4-8-14/h2-10,15,19-20,23,25,27H,11-13H2,1H3,(H,24,30)(H,26,29)(H,28,31). The lowest BCUT2D eigenvalue weighted by Gasteiger charge is -2.43. The summed E-state index contributed by atoms with van der Waals surface area (Å²) in [5, 5.41) is 14.9. The minimum absolute atomic E-state index is 0.0297. The van der Waals surface area contributed by atoms with Crippen LogP contribution in [0, 0.1) is 11.8 Å². The summed E-state index contributed by atoms with van der Waals surface area (Å²) in [6, 6.07) is 17.1. The molecular weight excluding hydrogens is 410 g/mol. The van der Waals surface area contributed by atoms with Gasteiger partial charge in [0.1, 0.15) is 5.75 Å². The van der Waals surface area contributed by atoms with Gasteiger partial charge in [0, 0.05) is 13.0 Å². The van der Waals surface area contributed by atoms with Gasteiger partial charge in [0.25, 0.3) is 0 Å². The zero-order valence-corrected chi connectivity index (χ0v) is 17.8. The number of nitrogens with one attached hydrogen (secondary N) is 5. The number of hydrogen-bond acceptors (Lipinski definition) is 6. The molecule has 0 saturated carbocycles. The number of carbonyl (C=O) groups excluding carboxylic acids is 3. The fraction of sp³-hybridized carbons (Fsp3) is 0.348. The smallest absolute Gasteiger partial charge is 0.229 e. The number of ether oxygens (including phenoxy) is 1. The molecule has 2 heterocycles. The zero-order valence-electron chi connectivity index (χ0n) is 17.8. The van der Waals surface area contributed by atoms with Crippen LogP contribution in [0.3, 0.4) is 0 Å². The third-order valence-corrected chi connectivity index (χ3v) is 5.75. The first-order chi connectivity index (χ1) is 15.5. The first-order valence-corrected chi connectivity index (χ1v) is 10.6. The van der Waals surface area contributed by atoms with E-state index in [-0.39, 0.29) is 24.1 Å². The molecule has 32 heavy (non-hydrogen) atoms. The van der Waals surface area contributed by atoms with Crippen molar-refractivity contribution < 1.29 is 19.1 Å². The van der Waals surface area contributed by atoms with Crippen molar-refractivity contribution in [1.82, 2.24) is 21.3 Å². The van der Waals surface area contributed by atoms with Crippen molar-refractivity contribution in [2.75, 3.05) is 19.0 Å². The van der Waals surface area contributed by atoms with E-state index in [4.69, 9.17) is 4.74 Å². The monoisotopic (exact) mass is 437 g/mol. The summed E-state index contributed by atoms with van der Waals surface area (Å²) in [6.45, 7) is 0.436. The van der Waals surface area contributed by atoms with E-state index in [0.717, 1.165) is 5.56 Å². The highest BCUT2D eigenvalue weighted by Gasteiger charge is 2.48. The molecule has 0 aliphatic carbocycles. The average Bonchev–Trinajstić information content (AvgIpc) is 2.79. The number of hydrogen-bond donors (Lipinski definition) is 5. The van der Waals surface area contributed by atoms with E-state index in [0.29, 0.717) is 24.4 Å². The van der Waals surface area contributed by atoms with Crippen LogP contribution in [0.4, 0.5) is 5.69 Å². The van der Waals surface area contributed by atoms with Crippen LogP contribution in [0.1, 0.15) is 12.0 Å². The Hall–Kier alpha value is -3.59. The summed E-state index contributed by atoms with van der Waals surface area (Å²) in [6.07, 6.45) is -0.658. The molecule has 2 aliphatic rings. The minimum Gasteiger partial charge on any atom is -0.495 e. The summed E-state index contributed by atoms with van der Waals surface area (Å²) in [5.41, 5.74) is 1.79. The molecule has 9 nitrogen and oxygen atoms in total. The quantitative estimate of drug-likeness (QED) is 0.431. The molecule has 168 valence electrons. The van der Waals surface area contributed by atoms with E-state index in [2.05, 4.69) is 26.6 Å². The number of anilines is 1. The van der Waals surface area contributed by atoms with E-state index in [1.54, 1.807) is 13.2 Å². The molecule has 0 spiro atoms. The minimum atomic E-state index is -0.746. The highest BCUT2D eigenvalue weighted by molar-refractivity contribution is 5.94. The van der Waals surface area contributed by atoms with Crippen molar-refractivity contribution in [2.24, 2.45) is 11.8 Å². The number of benzene rings is 2. The van der Waals surface area contributed by atoms with Crippen LogP contribution >= 0.6 is 0 Å². The molecule has 4 unspecified atom stereocenters. The van der Waals surface area contributed by atoms with Gasteiger partial charge in [0.2, 0.25) is 17.7 Å². The second kappa shape index (κ2) is 9.69. The van der Waals surface area contributed by atoms with E-state index < -0.39 is 24.3 Å². The molecule has 2 aromatic carbocycles. The number of carbonyl (C=O) groups is 3. The Labute approximate surface area is 186 Å². The molecule has 2 fully saturated rings. The highest BCUT2D eigenvalue weighted by Crippen LogP contribution is 2.28. The maximum Gasteiger partial charge on any atom is 0.229 e. The molecule has 3 amide bonds. The Morgan fingerprint density at radius 3 is 2.59 bits per heavy atom. The van der Waals surface area contributed by atoms with Gasteiger partial charge in [0.05, 0.1) is 30.8 Å². The number of methoxy groups -OCH3 is 1. The average molecular weight is 438 g/mol. The van der Waals surface area contributed by atoms with Crippen molar-refractivity contribution in [1.29, 1.82) is 0 Å². The van der Waals surface area contributed by atoms with Crippen LogP contribution < -0.4 is 31.3 Å². The van der Waals surface area contributed by atoms with Gasteiger partial charge in [-0.05, 0) is 24.1 Å². The number of para-hydroxylation sites is 2. The first kappa shape index (κ1) is 21.6. The highest BCUT2D eigenvalue weighted by atomic mass is 16.5. The molecule has 2 saturated heterocycles. The third-order valence-electron chi connectivity index (χ3n) is 5.75. The number of fused-ring (bicyclic) bond motifs is 1. The lowest BCUT2D eigenvalue weighted by atomic mass is 9.81. The molecule has 4 rings (SSSR count). The normalized spacial score (nSPS) is 24.5. The van der Waals surface area contributed by atoms with Crippen LogP contribution in [0.25, 0.3) is 0 Å². The van der Waals surface area contributed by atoms with Crippen LogP contribution in [0.2, 0.25) is 0 Å². The van der Waals surface area contributed by atoms with Gasteiger partial charge in [-0.25, -0.2) is 0 Å². The Kier molecular flexibility index (Phi) is 6.55. The molecule has 2 aromatic rings. The van der Waals surface area contributed by atoms with Crippen molar-refractivity contribution in [2.45, 2.75) is 25.3 Å². The van der Waals surface area contributed by atoms with Gasteiger partial charge in [-0.3, -0.25) is 19.7 Å². The number of rotatable bonds is 7. The topological polar surface area (TPSA) is 121 Å². The maximum atomic E-state index is 12.9. The van der Waals surface area contributed by atoms with Crippen molar-refractivity contribution in [3.8, 4) is 5.75 Å². The molecule has 4 atom stereocenters. The lowest BCUT2D eigenvalue weighted by Crippen LogP contribution is -2.72. The summed E-state index contributed by atoms with van der Waals surface area (Å²) >= 11 is 0. The van der Waals surface area contributed by atoms with Crippen LogP contribution in [-0.4, -0.2) is 43.8 Å². The van der Waals surface area contributed by atoms with Gasteiger partial charge in [-0.15, -0.1) is 0 Å². The Morgan fingerprint density at radius 1 is 1.06 bits per heavy atom. The van der Waals surface area contributed by atoms with Crippen LogP contribution in [-0.2, 0) is 20.8 Å². The first-order valence-electron chi connectivity index (χ1n) is 10.6. The summed E-state index contributed by atoms with van der Waals surface area (Å²) < 4.78 is 5.33. The second-order valence-electron chi connectivity index (χ2n) is 7.86. The predicted molar refractivity (Wildman–Crippen MR) is 118 cm³/mol. The fourth-order valence-electron chi connectivity index (χ4n) is 4.18. The number of amides is 3. The van der Waals surface area contributed by atoms with E-state index in [1.807, 2.05) is 48.5 Å². The van der Waals surface area contributed by atoms with Gasteiger partial charge >= 0.3 is 0 Å². The predicted octanol–water partition coefficient (Wildman–Crippen LogP) is 0.547. The molecule has 5 N–H and O–H groups in total. The van der Waals surface area contributed by atoms with E-state index in [9.17, 15) is 14.4 Å². The summed E-state index contributed by atoms with van der Waals surface area (Å²) in [5.74, 6) is -1.70. The fourth-order valence-corrected chi connectivity index (χ4v) is 4.18. The maximum absolute atomic E-state index is 12.9. The second-order valence-corrected chi connectivity index (χ2v) is 7.86. The molecule has 0 bridgehead atoms. The van der Waals surface area contributed by atoms with Crippen molar-refractivity contribution in [3.05, 3.63) is 60.2 Å². The van der Waals surface area contributed by atoms with Gasteiger partial charge in [0.15, 0.2) is 6.29 Å². The summed E-state index contributed by atoms with van der Waals surface area (Å²) in [7, 11) is 1.56. The molecular formula is C23H27N5O4. The largest absolute Gasteiger partial charge is 0.495 e. The molecule has 0 radical (unpaired) electrons. The van der Waals surface area contributed by atoms with Gasteiger partial charge in [-0.1, -0.05) is 42.5 Å². The Bertz CT molecular complexity index is 983. The van der Waals surface area contributed by atoms with Gasteiger partial charge < -0.3 is 26.0 Å². The molecule has 0 aromatic heterocycles. The third kappa shape index (κ3) is 4.83. The van der Waals surface area contributed by atoms with Crippen molar-refractivity contribution in [3.63, 3.8) is 0 Å². The van der Waals surface area contributed by atoms with Gasteiger partial charge in [-0.2, -0.15) is 0 Å². The molecule has 2 aliphatic heterocycles. The van der Waals surface area contributed by atoms with Crippen molar-refractivity contribution >= 4 is 23.4 Å².